The Morgan fingerprint density at radius 1 is 1.18 bits per heavy atom. The number of pyridine rings is 1. The van der Waals surface area contributed by atoms with Gasteiger partial charge in [0, 0.05) is 43.5 Å². The normalized spacial score (nSPS) is 20.3. The molecule has 1 N–H and O–H groups in total. The molecule has 208 valence electrons. The van der Waals surface area contributed by atoms with Crippen LogP contribution in [0.5, 0.6) is 5.75 Å². The minimum Gasteiger partial charge on any atom is -0.451 e. The van der Waals surface area contributed by atoms with E-state index in [-0.39, 0.29) is 36.0 Å². The number of hydrogen-bond acceptors (Lipinski definition) is 7. The fraction of sp³-hybridized carbons (Fsp3) is 0.462. The smallest absolute Gasteiger partial charge is 0.412 e. The number of carbonyl (C=O) groups excluding carboxylic acids is 3. The summed E-state index contributed by atoms with van der Waals surface area (Å²) in [6.07, 6.45) is 2.33. The summed E-state index contributed by atoms with van der Waals surface area (Å²) in [5, 5.41) is 2.45. The number of likely N-dealkylation sites (tertiary alicyclic amines) is 1. The van der Waals surface area contributed by atoms with E-state index in [1.807, 2.05) is 6.92 Å². The van der Waals surface area contributed by atoms with E-state index < -0.39 is 53.7 Å². The van der Waals surface area contributed by atoms with Crippen LogP contribution in [0.25, 0.3) is 0 Å². The molecule has 2 saturated heterocycles. The highest BCUT2D eigenvalue weighted by molar-refractivity contribution is 5.99. The maximum absolute atomic E-state index is 14.0. The lowest BCUT2D eigenvalue weighted by molar-refractivity contribution is -0.112. The molecular weight excluding hydrogens is 518 g/mol. The Kier molecular flexibility index (Phi) is 7.51. The van der Waals surface area contributed by atoms with Crippen LogP contribution in [-0.2, 0) is 22.6 Å². The van der Waals surface area contributed by atoms with Crippen LogP contribution in [-0.4, -0.2) is 71.0 Å². The van der Waals surface area contributed by atoms with Crippen molar-refractivity contribution in [1.29, 1.82) is 0 Å². The standard InChI is InChI=1S/C26H28F2N4O7/c1-15-6-9-37-20-13-31-12-18(24(34)29-11-16-4-5-17(27)10-19(16)28)22(33)23(21(31)25(35)32(15)20)38-14-39-26(36)30-7-2-3-8-30/h4-5,10,12,15,20H,2-3,6-9,11,13-14H2,1H3,(H,29,34)/t15-,20+/m1/s1. The van der Waals surface area contributed by atoms with Crippen molar-refractivity contribution >= 4 is 17.9 Å². The number of halogens is 2. The van der Waals surface area contributed by atoms with Crippen molar-refractivity contribution < 1.29 is 37.4 Å². The Balaban J connectivity index is 1.43. The van der Waals surface area contributed by atoms with E-state index >= 15 is 0 Å². The van der Waals surface area contributed by atoms with Gasteiger partial charge < -0.3 is 33.9 Å². The maximum atomic E-state index is 14.0. The zero-order valence-electron chi connectivity index (χ0n) is 21.3. The molecule has 3 aliphatic heterocycles. The van der Waals surface area contributed by atoms with Gasteiger partial charge in [0.2, 0.25) is 18.0 Å². The molecule has 5 rings (SSSR count). The first kappa shape index (κ1) is 26.6. The molecule has 0 unspecified atom stereocenters. The Labute approximate surface area is 222 Å². The first-order valence-corrected chi connectivity index (χ1v) is 12.7. The van der Waals surface area contributed by atoms with Crippen LogP contribution in [0.15, 0.2) is 29.2 Å². The maximum Gasteiger partial charge on any atom is 0.412 e. The molecule has 2 aromatic rings. The summed E-state index contributed by atoms with van der Waals surface area (Å²) in [6, 6.07) is 2.76. The minimum atomic E-state index is -0.895. The van der Waals surface area contributed by atoms with Crippen molar-refractivity contribution in [3.05, 3.63) is 63.1 Å². The average molecular weight is 547 g/mol. The van der Waals surface area contributed by atoms with Gasteiger partial charge in [-0.25, -0.2) is 13.6 Å². The number of nitrogens with zero attached hydrogens (tertiary/aromatic N) is 3. The summed E-state index contributed by atoms with van der Waals surface area (Å²) in [5.41, 5.74) is -1.34. The molecule has 0 aliphatic carbocycles. The molecule has 0 spiro atoms. The first-order valence-electron chi connectivity index (χ1n) is 12.7. The lowest BCUT2D eigenvalue weighted by Crippen LogP contribution is -2.57. The fourth-order valence-electron chi connectivity index (χ4n) is 5.00. The molecule has 3 amide bonds. The number of ether oxygens (including phenoxy) is 3. The highest BCUT2D eigenvalue weighted by Gasteiger charge is 2.41. The topological polar surface area (TPSA) is 119 Å². The first-order chi connectivity index (χ1) is 18.7. The molecule has 39 heavy (non-hydrogen) atoms. The van der Waals surface area contributed by atoms with Crippen LogP contribution in [0.3, 0.4) is 0 Å². The number of carbonyl (C=O) groups is 3. The van der Waals surface area contributed by atoms with Gasteiger partial charge >= 0.3 is 6.09 Å². The van der Waals surface area contributed by atoms with Gasteiger partial charge in [0.15, 0.2) is 11.9 Å². The van der Waals surface area contributed by atoms with Gasteiger partial charge in [-0.2, -0.15) is 0 Å². The predicted octanol–water partition coefficient (Wildman–Crippen LogP) is 2.22. The summed E-state index contributed by atoms with van der Waals surface area (Å²) in [6.45, 7) is 2.58. The Morgan fingerprint density at radius 2 is 1.95 bits per heavy atom. The Bertz CT molecular complexity index is 1360. The van der Waals surface area contributed by atoms with Crippen LogP contribution in [0, 0.1) is 11.6 Å². The van der Waals surface area contributed by atoms with Gasteiger partial charge in [-0.1, -0.05) is 6.07 Å². The molecule has 2 atom stereocenters. The van der Waals surface area contributed by atoms with Crippen molar-refractivity contribution in [2.75, 3.05) is 26.5 Å². The van der Waals surface area contributed by atoms with E-state index in [9.17, 15) is 28.0 Å². The lowest BCUT2D eigenvalue weighted by atomic mass is 10.1. The van der Waals surface area contributed by atoms with E-state index in [0.717, 1.165) is 18.9 Å². The van der Waals surface area contributed by atoms with Crippen molar-refractivity contribution in [1.82, 2.24) is 19.7 Å². The van der Waals surface area contributed by atoms with Crippen LogP contribution < -0.4 is 15.5 Å². The molecule has 1 aromatic heterocycles. The van der Waals surface area contributed by atoms with Gasteiger partial charge in [-0.3, -0.25) is 14.4 Å². The second-order valence-corrected chi connectivity index (χ2v) is 9.66. The fourth-order valence-corrected chi connectivity index (χ4v) is 5.00. The SMILES string of the molecule is C[C@@H]1CCO[C@H]2Cn3cc(C(=O)NCc4ccc(F)cc4F)c(=O)c(OCOC(=O)N4CCCC4)c3C(=O)N12. The van der Waals surface area contributed by atoms with Crippen molar-refractivity contribution in [2.24, 2.45) is 0 Å². The average Bonchev–Trinajstić information content (AvgIpc) is 3.44. The van der Waals surface area contributed by atoms with E-state index in [0.29, 0.717) is 32.2 Å². The van der Waals surface area contributed by atoms with Crippen molar-refractivity contribution in [3.8, 4) is 5.75 Å². The minimum absolute atomic E-state index is 0.0172. The number of fused-ring (bicyclic) bond motifs is 2. The van der Waals surface area contributed by atoms with Gasteiger partial charge in [-0.15, -0.1) is 0 Å². The zero-order valence-corrected chi connectivity index (χ0v) is 21.3. The van der Waals surface area contributed by atoms with Gasteiger partial charge in [0.1, 0.15) is 17.2 Å². The van der Waals surface area contributed by atoms with Crippen LogP contribution in [0.1, 0.15) is 52.6 Å². The summed E-state index contributed by atoms with van der Waals surface area (Å²) in [4.78, 5) is 55.3. The largest absolute Gasteiger partial charge is 0.451 e. The van der Waals surface area contributed by atoms with Crippen LogP contribution in [0.2, 0.25) is 0 Å². The van der Waals surface area contributed by atoms with Crippen LogP contribution in [0.4, 0.5) is 13.6 Å². The summed E-state index contributed by atoms with van der Waals surface area (Å²) in [7, 11) is 0. The third-order valence-electron chi connectivity index (χ3n) is 7.11. The summed E-state index contributed by atoms with van der Waals surface area (Å²) < 4.78 is 45.2. The molecule has 0 saturated carbocycles. The van der Waals surface area contributed by atoms with Crippen molar-refractivity contribution in [2.45, 2.75) is 51.5 Å². The number of hydrogen-bond donors (Lipinski definition) is 1. The van der Waals surface area contributed by atoms with E-state index in [1.165, 1.54) is 26.6 Å². The Hall–Kier alpha value is -4.00. The van der Waals surface area contributed by atoms with Gasteiger partial charge in [-0.05, 0) is 32.3 Å². The van der Waals surface area contributed by atoms with E-state index in [1.54, 1.807) is 0 Å². The number of amides is 3. The highest BCUT2D eigenvalue weighted by atomic mass is 19.1. The monoisotopic (exact) mass is 546 g/mol. The Morgan fingerprint density at radius 3 is 2.69 bits per heavy atom. The highest BCUT2D eigenvalue weighted by Crippen LogP contribution is 2.30. The molecule has 13 heteroatoms. The molecule has 0 radical (unpaired) electrons. The molecule has 2 fully saturated rings. The van der Waals surface area contributed by atoms with Gasteiger partial charge in [0.25, 0.3) is 11.8 Å². The summed E-state index contributed by atoms with van der Waals surface area (Å²) >= 11 is 0. The second-order valence-electron chi connectivity index (χ2n) is 9.66. The number of nitrogens with one attached hydrogen (secondary N) is 1. The molecule has 1 aromatic carbocycles. The second kappa shape index (κ2) is 11.0. The molecule has 4 heterocycles. The third-order valence-corrected chi connectivity index (χ3v) is 7.11. The number of rotatable bonds is 6. The predicted molar refractivity (Wildman–Crippen MR) is 131 cm³/mol. The molecule has 11 nitrogen and oxygen atoms in total. The third kappa shape index (κ3) is 5.31. The molecule has 3 aliphatic rings. The van der Waals surface area contributed by atoms with Crippen molar-refractivity contribution in [3.63, 3.8) is 0 Å². The quantitative estimate of drug-likeness (QED) is 0.552. The molecule has 0 bridgehead atoms. The number of benzene rings is 1. The molecular formula is C26H28F2N4O7. The van der Waals surface area contributed by atoms with Gasteiger partial charge in [0.05, 0.1) is 13.2 Å². The van der Waals surface area contributed by atoms with Crippen LogP contribution >= 0.6 is 0 Å². The number of aromatic nitrogens is 1. The summed E-state index contributed by atoms with van der Waals surface area (Å²) in [5.74, 6) is -3.43. The lowest BCUT2D eigenvalue weighted by Gasteiger charge is -2.44. The van der Waals surface area contributed by atoms with E-state index in [4.69, 9.17) is 14.2 Å². The zero-order chi connectivity index (χ0) is 27.7. The van der Waals surface area contributed by atoms with E-state index in [2.05, 4.69) is 5.32 Å².